The van der Waals surface area contributed by atoms with Crippen LogP contribution in [-0.2, 0) is 19.2 Å². The van der Waals surface area contributed by atoms with Gasteiger partial charge in [-0.1, -0.05) is 0 Å². The van der Waals surface area contributed by atoms with Gasteiger partial charge < -0.3 is 0 Å². The van der Waals surface area contributed by atoms with Gasteiger partial charge in [-0.15, -0.1) is 0 Å². The fourth-order valence-electron chi connectivity index (χ4n) is 1.70. The van der Waals surface area contributed by atoms with Gasteiger partial charge in [0.1, 0.15) is 0 Å². The molecule has 0 fully saturated rings. The molecule has 0 spiro atoms. The number of hydrogen-bond acceptors (Lipinski definition) is 4. The number of carbonyl (C=O) groups is 4. The SMILES string of the molecule is CNC(=O)CC[SeH].CNC(=O)CC[Se][Se]CCC(=O)CC(C)NC(=O)CC[SeH]. The van der Waals surface area contributed by atoms with Crippen LogP contribution < -0.4 is 16.0 Å². The number of ketones is 1. The summed E-state index contributed by atoms with van der Waals surface area (Å²) in [4.78, 5) is 44.5. The molecule has 0 saturated carbocycles. The van der Waals surface area contributed by atoms with E-state index >= 15 is 0 Å². The zero-order chi connectivity index (χ0) is 21.8. The van der Waals surface area contributed by atoms with Crippen LogP contribution in [0.15, 0.2) is 0 Å². The van der Waals surface area contributed by atoms with Gasteiger partial charge in [0.25, 0.3) is 0 Å². The Balaban J connectivity index is 0. The Morgan fingerprint density at radius 1 is 0.786 bits per heavy atom. The molecule has 3 amide bonds. The molecule has 0 aliphatic heterocycles. The second-order valence-corrected chi connectivity index (χ2v) is 15.4. The van der Waals surface area contributed by atoms with Gasteiger partial charge >= 0.3 is 197 Å². The van der Waals surface area contributed by atoms with Crippen molar-refractivity contribution in [3.8, 4) is 0 Å². The van der Waals surface area contributed by atoms with Crippen molar-refractivity contribution in [2.45, 2.75) is 66.3 Å². The van der Waals surface area contributed by atoms with Crippen molar-refractivity contribution >= 4 is 81.8 Å². The first kappa shape index (κ1) is 30.4. The molecule has 1 atom stereocenters. The molecule has 0 heterocycles. The summed E-state index contributed by atoms with van der Waals surface area (Å²) < 4.78 is 0. The van der Waals surface area contributed by atoms with Crippen LogP contribution in [0.5, 0.6) is 0 Å². The van der Waals surface area contributed by atoms with E-state index in [1.54, 1.807) is 14.1 Å². The third-order valence-electron chi connectivity index (χ3n) is 3.14. The van der Waals surface area contributed by atoms with Crippen LogP contribution in [0, 0.1) is 0 Å². The number of carbonyl (C=O) groups excluding carboxylic acids is 4. The van der Waals surface area contributed by atoms with E-state index in [-0.39, 0.29) is 29.5 Å². The van der Waals surface area contributed by atoms with E-state index < -0.39 is 0 Å². The van der Waals surface area contributed by atoms with Crippen molar-refractivity contribution in [1.29, 1.82) is 0 Å². The molecule has 7 nitrogen and oxygen atoms in total. The topological polar surface area (TPSA) is 104 Å². The Labute approximate surface area is 196 Å². The first-order valence-electron chi connectivity index (χ1n) is 8.99. The summed E-state index contributed by atoms with van der Waals surface area (Å²) in [7, 11) is 3.30. The van der Waals surface area contributed by atoms with Crippen molar-refractivity contribution < 1.29 is 19.2 Å². The standard InChI is InChI=1S/C13H24N2O3Se3.C4H9NOSe/c1-10(15-13(18)3-6-19)9-11(16)4-7-20-21-8-5-12(17)14-2;1-5-4(6)2-3-7/h10,19H,3-9H2,1-2H3,(H,14,17)(H,15,18);7H,2-3H2,1H3,(H,5,6). The maximum absolute atomic E-state index is 11.8. The summed E-state index contributed by atoms with van der Waals surface area (Å²) in [6.07, 6.45) is 2.75. The molecule has 1 unspecified atom stereocenters. The van der Waals surface area contributed by atoms with Crippen LogP contribution >= 0.6 is 0 Å². The number of hydrogen-bond donors (Lipinski definition) is 3. The quantitative estimate of drug-likeness (QED) is 0.170. The van der Waals surface area contributed by atoms with E-state index in [1.165, 1.54) is 0 Å². The van der Waals surface area contributed by atoms with Crippen LogP contribution in [0.3, 0.4) is 0 Å². The summed E-state index contributed by atoms with van der Waals surface area (Å²) in [6, 6.07) is -0.0738. The van der Waals surface area contributed by atoms with E-state index in [0.717, 1.165) is 21.3 Å². The van der Waals surface area contributed by atoms with Crippen LogP contribution in [-0.4, -0.2) is 102 Å². The Morgan fingerprint density at radius 2 is 1.25 bits per heavy atom. The van der Waals surface area contributed by atoms with Gasteiger partial charge in [-0.05, 0) is 0 Å². The van der Waals surface area contributed by atoms with Crippen LogP contribution in [0.2, 0.25) is 21.3 Å². The van der Waals surface area contributed by atoms with Crippen molar-refractivity contribution in [2.24, 2.45) is 0 Å². The third kappa shape index (κ3) is 22.4. The van der Waals surface area contributed by atoms with Crippen molar-refractivity contribution in [2.75, 3.05) is 14.1 Å². The molecular weight excluding hydrogens is 626 g/mol. The zero-order valence-electron chi connectivity index (χ0n) is 16.8. The predicted octanol–water partition coefficient (Wildman–Crippen LogP) is -0.713. The Morgan fingerprint density at radius 3 is 1.71 bits per heavy atom. The molecule has 0 aromatic heterocycles. The van der Waals surface area contributed by atoms with Gasteiger partial charge in [0.05, 0.1) is 0 Å². The summed E-state index contributed by atoms with van der Waals surface area (Å²) in [5.41, 5.74) is 0. The maximum atomic E-state index is 11.8. The van der Waals surface area contributed by atoms with Crippen LogP contribution in [0.4, 0.5) is 0 Å². The normalized spacial score (nSPS) is 10.9. The van der Waals surface area contributed by atoms with Gasteiger partial charge in [0.15, 0.2) is 0 Å². The molecule has 0 aliphatic rings. The Kier molecular flexibility index (Phi) is 23.7. The van der Waals surface area contributed by atoms with E-state index in [2.05, 4.69) is 48.0 Å². The summed E-state index contributed by atoms with van der Waals surface area (Å²) in [5, 5.41) is 11.5. The zero-order valence-corrected chi connectivity index (χ0v) is 24.0. The molecule has 0 saturated heterocycles. The number of nitrogens with one attached hydrogen (secondary N) is 3. The molecule has 0 rings (SSSR count). The molecule has 28 heavy (non-hydrogen) atoms. The summed E-state index contributed by atoms with van der Waals surface area (Å²) in [6.45, 7) is 1.87. The first-order chi connectivity index (χ1) is 13.3. The minimum absolute atomic E-state index is 0.0117. The molecule has 0 radical (unpaired) electrons. The van der Waals surface area contributed by atoms with E-state index in [4.69, 9.17) is 0 Å². The predicted molar refractivity (Wildman–Crippen MR) is 119 cm³/mol. The van der Waals surface area contributed by atoms with Crippen molar-refractivity contribution in [3.05, 3.63) is 0 Å². The molecule has 164 valence electrons. The second-order valence-electron chi connectivity index (χ2n) is 5.65. The third-order valence-corrected chi connectivity index (χ3v) is 11.4. The van der Waals surface area contributed by atoms with Gasteiger partial charge in [0.2, 0.25) is 0 Å². The van der Waals surface area contributed by atoms with Crippen molar-refractivity contribution in [1.82, 2.24) is 16.0 Å². The number of amides is 3. The number of rotatable bonds is 14. The molecule has 0 aromatic rings. The molecule has 11 heteroatoms. The van der Waals surface area contributed by atoms with E-state index in [9.17, 15) is 19.2 Å². The Hall–Kier alpha value is 0.158. The van der Waals surface area contributed by atoms with Crippen LogP contribution in [0.1, 0.15) is 39.0 Å². The van der Waals surface area contributed by atoms with Gasteiger partial charge in [-0.3, -0.25) is 0 Å². The summed E-state index contributed by atoms with van der Waals surface area (Å²) >= 11 is 5.73. The fraction of sp³-hybridized carbons (Fsp3) is 0.765. The van der Waals surface area contributed by atoms with Crippen LogP contribution in [0.25, 0.3) is 0 Å². The second kappa shape index (κ2) is 21.9. The van der Waals surface area contributed by atoms with E-state index in [1.807, 2.05) is 6.92 Å². The number of Topliss-reactive ketones (excluding diaryl/α,β-unsaturated/α-hetero) is 1. The minimum atomic E-state index is -0.0738. The molecule has 3 N–H and O–H groups in total. The van der Waals surface area contributed by atoms with Gasteiger partial charge in [0, 0.05) is 0 Å². The average Bonchev–Trinajstić information content (AvgIpc) is 2.64. The molecular formula is C17H33N3O4Se4. The van der Waals surface area contributed by atoms with Gasteiger partial charge in [-0.2, -0.15) is 0 Å². The Bertz CT molecular complexity index is 468. The van der Waals surface area contributed by atoms with Crippen molar-refractivity contribution in [3.63, 3.8) is 0 Å². The summed E-state index contributed by atoms with van der Waals surface area (Å²) in [5.74, 6) is 0.441. The van der Waals surface area contributed by atoms with E-state index in [0.29, 0.717) is 58.4 Å². The first-order valence-corrected chi connectivity index (χ1v) is 18.4. The molecule has 0 aromatic carbocycles. The average molecular weight is 659 g/mol. The fourth-order valence-corrected chi connectivity index (χ4v) is 8.65. The monoisotopic (exact) mass is 663 g/mol. The van der Waals surface area contributed by atoms with Gasteiger partial charge in [-0.25, -0.2) is 0 Å². The molecule has 0 aliphatic carbocycles. The molecule has 0 bridgehead atoms.